The molecule has 1 amide bonds. The molecule has 2 N–H and O–H groups in total. The lowest BCUT2D eigenvalue weighted by atomic mass is 10.1. The molecular formula is C17H15F4NO6S2. The minimum atomic E-state index is -5.32. The van der Waals surface area contributed by atoms with Crippen LogP contribution >= 0.6 is 0 Å². The topological polar surface area (TPSA) is 118 Å². The van der Waals surface area contributed by atoms with Crippen molar-refractivity contribution in [3.05, 3.63) is 48.3 Å². The molecule has 0 radical (unpaired) electrons. The number of carbonyl (C=O) groups excluding carboxylic acids is 1. The summed E-state index contributed by atoms with van der Waals surface area (Å²) >= 11 is 0. The number of nitrogens with one attached hydrogen (secondary N) is 1. The Hall–Kier alpha value is -2.51. The number of hydrogen-bond donors (Lipinski definition) is 2. The summed E-state index contributed by atoms with van der Waals surface area (Å²) < 4.78 is 100. The van der Waals surface area contributed by atoms with Crippen LogP contribution in [0, 0.1) is 5.82 Å². The first-order chi connectivity index (χ1) is 13.5. The van der Waals surface area contributed by atoms with Crippen LogP contribution in [0.25, 0.3) is 0 Å². The van der Waals surface area contributed by atoms with Crippen molar-refractivity contribution >= 4 is 31.3 Å². The highest BCUT2D eigenvalue weighted by Gasteiger charge is 2.55. The van der Waals surface area contributed by atoms with Crippen molar-refractivity contribution in [2.24, 2.45) is 0 Å². The summed E-state index contributed by atoms with van der Waals surface area (Å²) in [5.74, 6) is -3.32. The number of anilines is 1. The summed E-state index contributed by atoms with van der Waals surface area (Å²) in [5.41, 5.74) is -4.58. The predicted molar refractivity (Wildman–Crippen MR) is 96.7 cm³/mol. The maximum Gasteiger partial charge on any atom is 0.426 e. The molecule has 13 heteroatoms. The molecule has 0 fully saturated rings. The molecule has 0 bridgehead atoms. The van der Waals surface area contributed by atoms with E-state index in [0.717, 1.165) is 42.7 Å². The third-order valence-electron chi connectivity index (χ3n) is 4.06. The number of benzene rings is 2. The second-order valence-corrected chi connectivity index (χ2v) is 10.4. The molecule has 2 rings (SSSR count). The number of sulfone groups is 2. The summed E-state index contributed by atoms with van der Waals surface area (Å²) in [7, 11) is -7.87. The van der Waals surface area contributed by atoms with Crippen molar-refractivity contribution in [3.8, 4) is 0 Å². The molecule has 0 saturated carbocycles. The average Bonchev–Trinajstić information content (AvgIpc) is 2.61. The van der Waals surface area contributed by atoms with Gasteiger partial charge in [0.15, 0.2) is 9.84 Å². The molecule has 7 nitrogen and oxygen atoms in total. The van der Waals surface area contributed by atoms with Crippen molar-refractivity contribution in [1.29, 1.82) is 0 Å². The molecule has 0 spiro atoms. The number of amides is 1. The van der Waals surface area contributed by atoms with Gasteiger partial charge in [0.1, 0.15) is 5.82 Å². The molecule has 2 aromatic carbocycles. The van der Waals surface area contributed by atoms with E-state index in [0.29, 0.717) is 6.07 Å². The lowest BCUT2D eigenvalue weighted by Gasteiger charge is -2.25. The third-order valence-corrected chi connectivity index (χ3v) is 6.95. The third kappa shape index (κ3) is 4.63. The van der Waals surface area contributed by atoms with Gasteiger partial charge in [-0.15, -0.1) is 0 Å². The Kier molecular flexibility index (Phi) is 6.05. The average molecular weight is 469 g/mol. The Morgan fingerprint density at radius 2 is 1.40 bits per heavy atom. The Bertz CT molecular complexity index is 1190. The molecule has 30 heavy (non-hydrogen) atoms. The van der Waals surface area contributed by atoms with E-state index in [-0.39, 0.29) is 16.7 Å². The highest BCUT2D eigenvalue weighted by molar-refractivity contribution is 7.91. The first-order valence-electron chi connectivity index (χ1n) is 7.93. The fourth-order valence-electron chi connectivity index (χ4n) is 2.14. The molecule has 0 heterocycles. The molecule has 1 unspecified atom stereocenters. The highest BCUT2D eigenvalue weighted by atomic mass is 32.2. The molecule has 0 aliphatic heterocycles. The first-order valence-corrected chi connectivity index (χ1v) is 11.3. The minimum Gasteiger partial charge on any atom is -0.373 e. The lowest BCUT2D eigenvalue weighted by Crippen LogP contribution is -2.52. The van der Waals surface area contributed by atoms with Crippen molar-refractivity contribution in [2.75, 3.05) is 11.6 Å². The van der Waals surface area contributed by atoms with Crippen molar-refractivity contribution in [1.82, 2.24) is 0 Å². The fourth-order valence-corrected chi connectivity index (χ4v) is 4.04. The molecule has 2 aromatic rings. The van der Waals surface area contributed by atoms with Crippen LogP contribution < -0.4 is 5.32 Å². The van der Waals surface area contributed by atoms with Crippen molar-refractivity contribution < 1.29 is 44.3 Å². The van der Waals surface area contributed by atoms with E-state index in [2.05, 4.69) is 0 Å². The second kappa shape index (κ2) is 7.63. The Morgan fingerprint density at radius 3 is 1.83 bits per heavy atom. The normalized spacial score (nSPS) is 14.8. The molecule has 0 aliphatic rings. The zero-order chi connectivity index (χ0) is 23.1. The van der Waals surface area contributed by atoms with Gasteiger partial charge in [-0.2, -0.15) is 13.2 Å². The van der Waals surface area contributed by atoms with Crippen LogP contribution in [0.15, 0.2) is 57.2 Å². The summed E-state index contributed by atoms with van der Waals surface area (Å²) in [4.78, 5) is 10.6. The summed E-state index contributed by atoms with van der Waals surface area (Å²) in [6, 6.07) is 6.12. The highest BCUT2D eigenvalue weighted by Crippen LogP contribution is 2.32. The smallest absolute Gasteiger partial charge is 0.373 e. The van der Waals surface area contributed by atoms with Crippen LogP contribution in [0.5, 0.6) is 0 Å². The molecule has 0 aromatic heterocycles. The van der Waals surface area contributed by atoms with Crippen LogP contribution in [0.2, 0.25) is 0 Å². The van der Waals surface area contributed by atoms with Crippen LogP contribution in [0.4, 0.5) is 23.2 Å². The summed E-state index contributed by atoms with van der Waals surface area (Å²) in [6.45, 7) is 0.180. The number of hydrogen-bond acceptors (Lipinski definition) is 6. The number of halogens is 4. The van der Waals surface area contributed by atoms with Gasteiger partial charge in [0.2, 0.25) is 15.4 Å². The molecule has 164 valence electrons. The van der Waals surface area contributed by atoms with Gasteiger partial charge in [0, 0.05) is 6.26 Å². The van der Waals surface area contributed by atoms with Crippen LogP contribution in [-0.4, -0.2) is 45.9 Å². The SMILES string of the molecule is CC(O)(C(=O)Nc1ccc(S(=O)(=O)c2ccc(S(C)(=O)=O)cc2)cc1F)C(F)(F)F. The van der Waals surface area contributed by atoms with Gasteiger partial charge >= 0.3 is 6.18 Å². The van der Waals surface area contributed by atoms with Gasteiger partial charge in [-0.3, -0.25) is 4.79 Å². The largest absolute Gasteiger partial charge is 0.426 e. The lowest BCUT2D eigenvalue weighted by molar-refractivity contribution is -0.242. The van der Waals surface area contributed by atoms with Crippen LogP contribution in [0.3, 0.4) is 0 Å². The molecular weight excluding hydrogens is 454 g/mol. The van der Waals surface area contributed by atoms with E-state index in [1.165, 1.54) is 0 Å². The monoisotopic (exact) mass is 469 g/mol. The van der Waals surface area contributed by atoms with Gasteiger partial charge in [-0.25, -0.2) is 21.2 Å². The van der Waals surface area contributed by atoms with E-state index in [4.69, 9.17) is 0 Å². The van der Waals surface area contributed by atoms with E-state index in [9.17, 15) is 44.3 Å². The van der Waals surface area contributed by atoms with E-state index in [1.54, 1.807) is 5.32 Å². The maximum atomic E-state index is 14.2. The maximum absolute atomic E-state index is 14.2. The number of aliphatic hydroxyl groups is 1. The van der Waals surface area contributed by atoms with Crippen LogP contribution in [0.1, 0.15) is 6.92 Å². The summed E-state index contributed by atoms with van der Waals surface area (Å²) in [5, 5.41) is 10.8. The predicted octanol–water partition coefficient (Wildman–Crippen LogP) is 2.31. The number of alkyl halides is 3. The Morgan fingerprint density at radius 1 is 0.933 bits per heavy atom. The Balaban J connectivity index is 2.35. The zero-order valence-corrected chi connectivity index (χ0v) is 17.0. The van der Waals surface area contributed by atoms with Gasteiger partial charge in [-0.1, -0.05) is 0 Å². The quantitative estimate of drug-likeness (QED) is 0.649. The van der Waals surface area contributed by atoms with E-state index in [1.807, 2.05) is 0 Å². The Labute approximate surface area is 169 Å². The minimum absolute atomic E-state index is 0.137. The zero-order valence-electron chi connectivity index (χ0n) is 15.4. The fraction of sp³-hybridized carbons (Fsp3) is 0.235. The van der Waals surface area contributed by atoms with Crippen molar-refractivity contribution in [3.63, 3.8) is 0 Å². The van der Waals surface area contributed by atoms with Gasteiger partial charge < -0.3 is 10.4 Å². The molecule has 0 aliphatic carbocycles. The van der Waals surface area contributed by atoms with Crippen molar-refractivity contribution in [2.45, 2.75) is 33.4 Å². The second-order valence-electron chi connectivity index (χ2n) is 6.41. The van der Waals surface area contributed by atoms with Gasteiger partial charge in [-0.05, 0) is 49.4 Å². The van der Waals surface area contributed by atoms with Crippen LogP contribution in [-0.2, 0) is 24.5 Å². The molecule has 0 saturated heterocycles. The number of carbonyl (C=O) groups is 1. The first kappa shape index (κ1) is 23.8. The van der Waals surface area contributed by atoms with E-state index < -0.39 is 53.8 Å². The van der Waals surface area contributed by atoms with Gasteiger partial charge in [0.05, 0.1) is 20.4 Å². The van der Waals surface area contributed by atoms with E-state index >= 15 is 0 Å². The number of rotatable bonds is 5. The summed E-state index contributed by atoms with van der Waals surface area (Å²) in [6.07, 6.45) is -4.40. The molecule has 1 atom stereocenters. The standard InChI is InChI=1S/C17H15F4NO6S2/c1-16(24,17(19,20)21)15(23)22-14-8-7-12(9-13(14)18)30(27,28)11-5-3-10(4-6-11)29(2,25)26/h3-9,24H,1-2H3,(H,22,23). The van der Waals surface area contributed by atoms with Gasteiger partial charge in [0.25, 0.3) is 5.91 Å².